The van der Waals surface area contributed by atoms with Crippen LogP contribution in [0.3, 0.4) is 0 Å². The molecule has 0 spiro atoms. The second kappa shape index (κ2) is 9.54. The monoisotopic (exact) mass is 466 g/mol. The molecule has 33 heavy (non-hydrogen) atoms. The number of fused-ring (bicyclic) bond motifs is 1. The Morgan fingerprint density at radius 2 is 1.55 bits per heavy atom. The molecule has 1 aliphatic rings. The van der Waals surface area contributed by atoms with Crippen LogP contribution in [0.25, 0.3) is 16.6 Å². The van der Waals surface area contributed by atoms with Crippen LogP contribution in [-0.4, -0.2) is 35.7 Å². The van der Waals surface area contributed by atoms with E-state index in [0.29, 0.717) is 17.5 Å². The number of hydrogen-bond donors (Lipinski definition) is 0. The third-order valence-electron chi connectivity index (χ3n) is 6.43. The number of aromatic nitrogens is 1. The summed E-state index contributed by atoms with van der Waals surface area (Å²) >= 11 is 6.25. The van der Waals surface area contributed by atoms with Crippen LogP contribution < -0.4 is 4.74 Å². The first-order valence-corrected chi connectivity index (χ1v) is 11.6. The second-order valence-corrected chi connectivity index (χ2v) is 8.95. The summed E-state index contributed by atoms with van der Waals surface area (Å²) in [6.45, 7) is 3.39. The van der Waals surface area contributed by atoms with Crippen molar-refractivity contribution in [3.05, 3.63) is 95.1 Å². The molecule has 170 valence electrons. The van der Waals surface area contributed by atoms with Crippen LogP contribution in [0.2, 0.25) is 5.02 Å². The van der Waals surface area contributed by atoms with E-state index in [1.165, 1.54) is 17.7 Å². The molecule has 0 N–H and O–H groups in total. The van der Waals surface area contributed by atoms with Crippen molar-refractivity contribution in [2.45, 2.75) is 18.8 Å². The van der Waals surface area contributed by atoms with Crippen molar-refractivity contribution >= 4 is 22.5 Å². The van der Waals surface area contributed by atoms with Crippen molar-refractivity contribution in [1.29, 1.82) is 0 Å². The molecule has 2 heterocycles. The normalized spacial score (nSPS) is 15.2. The summed E-state index contributed by atoms with van der Waals surface area (Å²) < 4.78 is 34.8. The van der Waals surface area contributed by atoms with Gasteiger partial charge < -0.3 is 9.30 Å². The molecule has 0 atom stereocenters. The van der Waals surface area contributed by atoms with Crippen molar-refractivity contribution in [1.82, 2.24) is 9.47 Å². The number of benzene rings is 3. The number of hydrogen-bond acceptors (Lipinski definition) is 2. The van der Waals surface area contributed by atoms with Crippen molar-refractivity contribution < 1.29 is 13.5 Å². The maximum Gasteiger partial charge on any atom is 0.145 e. The first-order valence-electron chi connectivity index (χ1n) is 11.2. The van der Waals surface area contributed by atoms with Gasteiger partial charge in [0.1, 0.15) is 24.0 Å². The largest absolute Gasteiger partial charge is 0.490 e. The van der Waals surface area contributed by atoms with E-state index < -0.39 is 0 Å². The lowest BCUT2D eigenvalue weighted by molar-refractivity contribution is 0.174. The maximum absolute atomic E-state index is 13.4. The number of halogens is 3. The second-order valence-electron chi connectivity index (χ2n) is 8.52. The van der Waals surface area contributed by atoms with E-state index in [2.05, 4.69) is 4.90 Å². The van der Waals surface area contributed by atoms with Gasteiger partial charge in [0.05, 0.1) is 11.7 Å². The summed E-state index contributed by atoms with van der Waals surface area (Å²) in [4.78, 5) is 2.41. The molecule has 4 aromatic rings. The Kier molecular flexibility index (Phi) is 6.34. The van der Waals surface area contributed by atoms with Gasteiger partial charge in [-0.1, -0.05) is 23.7 Å². The van der Waals surface area contributed by atoms with Gasteiger partial charge in [-0.2, -0.15) is 0 Å². The van der Waals surface area contributed by atoms with E-state index in [9.17, 15) is 8.78 Å². The van der Waals surface area contributed by atoms with Crippen molar-refractivity contribution in [2.75, 3.05) is 26.2 Å². The van der Waals surface area contributed by atoms with Crippen molar-refractivity contribution in [2.24, 2.45) is 0 Å². The number of nitrogens with zero attached hydrogens (tertiary/aromatic N) is 2. The van der Waals surface area contributed by atoms with Gasteiger partial charge in [-0.25, -0.2) is 8.78 Å². The van der Waals surface area contributed by atoms with Gasteiger partial charge in [-0.15, -0.1) is 0 Å². The van der Waals surface area contributed by atoms with Crippen LogP contribution >= 0.6 is 11.6 Å². The quantitative estimate of drug-likeness (QED) is 0.310. The Morgan fingerprint density at radius 3 is 2.24 bits per heavy atom. The van der Waals surface area contributed by atoms with Gasteiger partial charge in [0.25, 0.3) is 0 Å². The van der Waals surface area contributed by atoms with E-state index in [-0.39, 0.29) is 11.6 Å². The number of rotatable bonds is 6. The Labute approximate surface area is 197 Å². The highest BCUT2D eigenvalue weighted by Gasteiger charge is 2.21. The molecule has 1 saturated heterocycles. The number of piperidine rings is 1. The zero-order valence-electron chi connectivity index (χ0n) is 18.2. The average Bonchev–Trinajstić information content (AvgIpc) is 3.18. The molecule has 1 aromatic heterocycles. The molecule has 0 unspecified atom stereocenters. The maximum atomic E-state index is 13.4. The fourth-order valence-corrected chi connectivity index (χ4v) is 4.78. The van der Waals surface area contributed by atoms with Crippen LogP contribution in [-0.2, 0) is 0 Å². The zero-order valence-corrected chi connectivity index (χ0v) is 18.9. The molecule has 0 aliphatic carbocycles. The molecule has 3 aromatic carbocycles. The standard InChI is InChI=1S/C27H25ClF2N2O/c28-21-3-10-26-25(17-21)27(18-32(26)24-8-6-23(30)7-9-24)33-16-15-31-13-11-20(12-14-31)19-1-4-22(29)5-2-19/h1-10,17-18,20H,11-16H2. The highest BCUT2D eigenvalue weighted by molar-refractivity contribution is 6.31. The molecule has 1 fully saturated rings. The first-order chi connectivity index (χ1) is 16.1. The molecular formula is C27H25ClF2N2O. The van der Waals surface area contributed by atoms with E-state index in [1.807, 2.05) is 41.1 Å². The Hall–Kier alpha value is -2.89. The van der Waals surface area contributed by atoms with Crippen LogP contribution in [0, 0.1) is 11.6 Å². The Balaban J connectivity index is 1.23. The topological polar surface area (TPSA) is 17.4 Å². The SMILES string of the molecule is Fc1ccc(C2CCN(CCOc3cn(-c4ccc(F)cc4)c4ccc(Cl)cc34)CC2)cc1. The van der Waals surface area contributed by atoms with Gasteiger partial charge in [-0.05, 0) is 92.0 Å². The summed E-state index contributed by atoms with van der Waals surface area (Å²) in [5.41, 5.74) is 3.04. The molecule has 0 amide bonds. The van der Waals surface area contributed by atoms with Gasteiger partial charge in [0.2, 0.25) is 0 Å². The van der Waals surface area contributed by atoms with Crippen molar-refractivity contribution in [3.8, 4) is 11.4 Å². The molecule has 0 bridgehead atoms. The van der Waals surface area contributed by atoms with E-state index >= 15 is 0 Å². The predicted octanol–water partition coefficient (Wildman–Crippen LogP) is 6.82. The highest BCUT2D eigenvalue weighted by Crippen LogP contribution is 2.33. The van der Waals surface area contributed by atoms with Gasteiger partial charge in [0, 0.05) is 22.6 Å². The fraction of sp³-hybridized carbons (Fsp3) is 0.259. The molecule has 5 rings (SSSR count). The van der Waals surface area contributed by atoms with E-state index in [0.717, 1.165) is 54.8 Å². The molecule has 6 heteroatoms. The Bertz CT molecular complexity index is 1230. The summed E-state index contributed by atoms with van der Waals surface area (Å²) in [7, 11) is 0. The third-order valence-corrected chi connectivity index (χ3v) is 6.66. The minimum absolute atomic E-state index is 0.185. The van der Waals surface area contributed by atoms with Crippen LogP contribution in [0.15, 0.2) is 72.9 Å². The first kappa shape index (κ1) is 21.9. The molecular weight excluding hydrogens is 442 g/mol. The highest BCUT2D eigenvalue weighted by atomic mass is 35.5. The van der Waals surface area contributed by atoms with Gasteiger partial charge >= 0.3 is 0 Å². The predicted molar refractivity (Wildman–Crippen MR) is 129 cm³/mol. The van der Waals surface area contributed by atoms with Gasteiger partial charge in [-0.3, -0.25) is 4.90 Å². The fourth-order valence-electron chi connectivity index (χ4n) is 4.61. The minimum Gasteiger partial charge on any atom is -0.490 e. The van der Waals surface area contributed by atoms with Crippen LogP contribution in [0.1, 0.15) is 24.3 Å². The summed E-state index contributed by atoms with van der Waals surface area (Å²) in [6, 6.07) is 19.0. The minimum atomic E-state index is -0.266. The summed E-state index contributed by atoms with van der Waals surface area (Å²) in [6.07, 6.45) is 4.06. The molecule has 1 aliphatic heterocycles. The number of likely N-dealkylation sites (tertiary alicyclic amines) is 1. The zero-order chi connectivity index (χ0) is 22.8. The lowest BCUT2D eigenvalue weighted by Gasteiger charge is -2.32. The molecule has 0 radical (unpaired) electrons. The van der Waals surface area contributed by atoms with Crippen molar-refractivity contribution in [3.63, 3.8) is 0 Å². The summed E-state index contributed by atoms with van der Waals surface area (Å²) in [5, 5.41) is 1.58. The average molecular weight is 467 g/mol. The van der Waals surface area contributed by atoms with Crippen LogP contribution in [0.4, 0.5) is 8.78 Å². The Morgan fingerprint density at radius 1 is 0.879 bits per heavy atom. The number of ether oxygens (including phenoxy) is 1. The van der Waals surface area contributed by atoms with Gasteiger partial charge in [0.15, 0.2) is 0 Å². The smallest absolute Gasteiger partial charge is 0.145 e. The molecule has 3 nitrogen and oxygen atoms in total. The lowest BCUT2D eigenvalue weighted by Crippen LogP contribution is -2.35. The van der Waals surface area contributed by atoms with E-state index in [1.54, 1.807) is 24.3 Å². The molecule has 0 saturated carbocycles. The third kappa shape index (κ3) is 4.90. The van der Waals surface area contributed by atoms with E-state index in [4.69, 9.17) is 16.3 Å². The summed E-state index contributed by atoms with van der Waals surface area (Å²) in [5.74, 6) is 0.796. The lowest BCUT2D eigenvalue weighted by atomic mass is 9.89. The van der Waals surface area contributed by atoms with Crippen LogP contribution in [0.5, 0.6) is 5.75 Å².